The Morgan fingerprint density at radius 3 is 2.27 bits per heavy atom. The molecule has 3 rings (SSSR count). The molecule has 0 unspecified atom stereocenters. The lowest BCUT2D eigenvalue weighted by Gasteiger charge is -2.17. The topological polar surface area (TPSA) is 90.6 Å². The van der Waals surface area contributed by atoms with Crippen LogP contribution in [0.25, 0.3) is 29.0 Å². The number of aromatic nitrogens is 5. The number of pyridine rings is 1. The van der Waals surface area contributed by atoms with Crippen LogP contribution in [0.4, 0.5) is 26.3 Å². The minimum Gasteiger partial charge on any atom is -0.307 e. The predicted octanol–water partition coefficient (Wildman–Crippen LogP) is 4.47. The van der Waals surface area contributed by atoms with Crippen LogP contribution >= 0.6 is 0 Å². The summed E-state index contributed by atoms with van der Waals surface area (Å²) < 4.78 is 103. The fraction of sp³-hybridized carbons (Fsp3) is 0.263. The summed E-state index contributed by atoms with van der Waals surface area (Å²) >= 11 is 0. The van der Waals surface area contributed by atoms with Gasteiger partial charge in [0.05, 0.1) is 17.0 Å². The van der Waals surface area contributed by atoms with Crippen LogP contribution in [0.5, 0.6) is 0 Å². The highest BCUT2D eigenvalue weighted by Gasteiger charge is 2.61. The summed E-state index contributed by atoms with van der Waals surface area (Å²) in [7, 11) is -3.91. The molecule has 176 valence electrons. The number of sulfone groups is 1. The van der Waals surface area contributed by atoms with Crippen LogP contribution in [0, 0.1) is 6.92 Å². The lowest BCUT2D eigenvalue weighted by atomic mass is 10.2. The maximum Gasteiger partial charge on any atom is 0.460 e. The first-order valence-electron chi connectivity index (χ1n) is 9.16. The van der Waals surface area contributed by atoms with E-state index >= 15 is 0 Å². The molecule has 14 heteroatoms. The Balaban J connectivity index is 2.15. The Kier molecular flexibility index (Phi) is 6.33. The van der Waals surface area contributed by atoms with Gasteiger partial charge in [-0.25, -0.2) is 27.8 Å². The number of rotatable bonds is 6. The number of allylic oxidation sites excluding steroid dienone is 1. The molecule has 7 nitrogen and oxygen atoms in total. The van der Waals surface area contributed by atoms with Crippen LogP contribution in [0.3, 0.4) is 0 Å². The second kappa shape index (κ2) is 8.57. The molecule has 0 aliphatic carbocycles. The quantitative estimate of drug-likeness (QED) is 0.473. The number of hydrogen-bond acceptors (Lipinski definition) is 6. The molecule has 3 aromatic rings. The highest BCUT2D eigenvalue weighted by Crippen LogP contribution is 2.42. The fourth-order valence-corrected chi connectivity index (χ4v) is 3.77. The van der Waals surface area contributed by atoms with E-state index in [0.29, 0.717) is 4.57 Å². The van der Waals surface area contributed by atoms with E-state index < -0.39 is 27.8 Å². The van der Waals surface area contributed by atoms with Gasteiger partial charge >= 0.3 is 12.1 Å². The molecule has 0 radical (unpaired) electrons. The maximum absolute atomic E-state index is 13.7. The maximum atomic E-state index is 13.7. The summed E-state index contributed by atoms with van der Waals surface area (Å²) in [6.07, 6.45) is -1.30. The van der Waals surface area contributed by atoms with Gasteiger partial charge in [0.2, 0.25) is 0 Å². The molecule has 0 aliphatic heterocycles. The highest BCUT2D eigenvalue weighted by molar-refractivity contribution is 7.91. The van der Waals surface area contributed by atoms with Gasteiger partial charge in [-0.2, -0.15) is 22.0 Å². The molecule has 0 atom stereocenters. The Hall–Kier alpha value is -3.29. The predicted molar refractivity (Wildman–Crippen MR) is 105 cm³/mol. The van der Waals surface area contributed by atoms with E-state index in [4.69, 9.17) is 0 Å². The first-order chi connectivity index (χ1) is 15.3. The van der Waals surface area contributed by atoms with E-state index in [9.17, 15) is 34.8 Å². The molecular weight excluding hydrogens is 476 g/mol. The van der Waals surface area contributed by atoms with Gasteiger partial charge in [0, 0.05) is 36.0 Å². The van der Waals surface area contributed by atoms with Crippen molar-refractivity contribution in [3.05, 3.63) is 48.6 Å². The molecule has 0 spiro atoms. The van der Waals surface area contributed by atoms with Crippen molar-refractivity contribution >= 4 is 16.0 Å². The molecule has 0 aliphatic rings. The number of nitrogens with zero attached hydrogens (tertiary/aromatic N) is 5. The van der Waals surface area contributed by atoms with E-state index in [1.807, 2.05) is 0 Å². The standard InChI is InChI=1S/C19H15F6N5O2S/c1-3-33(31,32)13-7-12(17-26-5-4-6-27-17)8-28-16(13)15-11(2)30(10-29-15)9-14(20)18(21,22)19(23,24)25/h4-10H,3H2,1-2H3/b14-9-. The van der Waals surface area contributed by atoms with Gasteiger partial charge in [-0.1, -0.05) is 6.92 Å². The molecule has 0 fully saturated rings. The van der Waals surface area contributed by atoms with Crippen LogP contribution in [0.1, 0.15) is 12.6 Å². The van der Waals surface area contributed by atoms with Gasteiger partial charge in [0.15, 0.2) is 21.5 Å². The third-order valence-electron chi connectivity index (χ3n) is 4.57. The van der Waals surface area contributed by atoms with Gasteiger partial charge in [0.25, 0.3) is 0 Å². The van der Waals surface area contributed by atoms with E-state index in [1.54, 1.807) is 6.07 Å². The third-order valence-corrected chi connectivity index (χ3v) is 6.31. The lowest BCUT2D eigenvalue weighted by molar-refractivity contribution is -0.270. The lowest BCUT2D eigenvalue weighted by Crippen LogP contribution is -2.37. The molecule has 0 aromatic carbocycles. The van der Waals surface area contributed by atoms with Crippen molar-refractivity contribution in [3.8, 4) is 22.8 Å². The minimum absolute atomic E-state index is 0.0699. The third kappa shape index (κ3) is 4.60. The Morgan fingerprint density at radius 1 is 1.06 bits per heavy atom. The van der Waals surface area contributed by atoms with Gasteiger partial charge in [-0.15, -0.1) is 0 Å². The highest BCUT2D eigenvalue weighted by atomic mass is 32.2. The summed E-state index contributed by atoms with van der Waals surface area (Å²) in [4.78, 5) is 15.7. The summed E-state index contributed by atoms with van der Waals surface area (Å²) in [5.41, 5.74) is -0.197. The number of alkyl halides is 5. The summed E-state index contributed by atoms with van der Waals surface area (Å²) in [5, 5.41) is 0. The zero-order valence-corrected chi connectivity index (χ0v) is 17.8. The smallest absolute Gasteiger partial charge is 0.307 e. The van der Waals surface area contributed by atoms with Crippen molar-refractivity contribution in [2.24, 2.45) is 0 Å². The second-order valence-corrected chi connectivity index (χ2v) is 8.93. The Morgan fingerprint density at radius 2 is 1.70 bits per heavy atom. The average molecular weight is 491 g/mol. The Bertz CT molecular complexity index is 1300. The minimum atomic E-state index is -6.13. The molecular formula is C19H15F6N5O2S. The van der Waals surface area contributed by atoms with Gasteiger partial charge in [-0.05, 0) is 19.1 Å². The largest absolute Gasteiger partial charge is 0.460 e. The van der Waals surface area contributed by atoms with Crippen molar-refractivity contribution in [1.82, 2.24) is 24.5 Å². The molecule has 0 saturated heterocycles. The molecule has 33 heavy (non-hydrogen) atoms. The first-order valence-corrected chi connectivity index (χ1v) is 10.8. The van der Waals surface area contributed by atoms with Crippen molar-refractivity contribution in [3.63, 3.8) is 0 Å². The summed E-state index contributed by atoms with van der Waals surface area (Å²) in [6.45, 7) is 2.61. The molecule has 0 saturated carbocycles. The first kappa shape index (κ1) is 24.4. The summed E-state index contributed by atoms with van der Waals surface area (Å²) in [5.74, 6) is -8.61. The van der Waals surface area contributed by atoms with Gasteiger partial charge in [0.1, 0.15) is 11.4 Å². The molecule has 0 N–H and O–H groups in total. The van der Waals surface area contributed by atoms with Crippen molar-refractivity contribution in [2.45, 2.75) is 30.8 Å². The molecule has 3 heterocycles. The summed E-state index contributed by atoms with van der Waals surface area (Å²) in [6, 6.07) is 2.81. The van der Waals surface area contributed by atoms with Crippen molar-refractivity contribution < 1.29 is 34.8 Å². The number of imidazole rings is 1. The van der Waals surface area contributed by atoms with E-state index in [0.717, 1.165) is 6.33 Å². The van der Waals surface area contributed by atoms with Crippen molar-refractivity contribution in [1.29, 1.82) is 0 Å². The fourth-order valence-electron chi connectivity index (χ4n) is 2.71. The normalized spacial score (nSPS) is 13.4. The van der Waals surface area contributed by atoms with E-state index in [2.05, 4.69) is 19.9 Å². The zero-order chi connectivity index (χ0) is 24.6. The number of halogens is 6. The van der Waals surface area contributed by atoms with Crippen LogP contribution < -0.4 is 0 Å². The average Bonchev–Trinajstić information content (AvgIpc) is 3.13. The van der Waals surface area contributed by atoms with Crippen molar-refractivity contribution in [2.75, 3.05) is 5.75 Å². The molecule has 0 bridgehead atoms. The number of hydrogen-bond donors (Lipinski definition) is 0. The Labute approximate surface area is 183 Å². The van der Waals surface area contributed by atoms with Crippen LogP contribution in [-0.4, -0.2) is 50.8 Å². The second-order valence-electron chi connectivity index (χ2n) is 6.68. The zero-order valence-electron chi connectivity index (χ0n) is 17.0. The SMILES string of the molecule is CCS(=O)(=O)c1cc(-c2ncccn2)cnc1-c1ncn(/C=C(\F)C(F)(F)C(F)(F)F)c1C. The molecule has 0 amide bonds. The monoisotopic (exact) mass is 491 g/mol. The van der Waals surface area contributed by atoms with E-state index in [-0.39, 0.29) is 45.3 Å². The van der Waals surface area contributed by atoms with Crippen LogP contribution in [0.15, 0.2) is 47.8 Å². The van der Waals surface area contributed by atoms with Crippen LogP contribution in [0.2, 0.25) is 0 Å². The molecule has 3 aromatic heterocycles. The van der Waals surface area contributed by atoms with E-state index in [1.165, 1.54) is 38.5 Å². The van der Waals surface area contributed by atoms with Crippen LogP contribution in [-0.2, 0) is 9.84 Å². The van der Waals surface area contributed by atoms with Gasteiger partial charge < -0.3 is 4.57 Å². The van der Waals surface area contributed by atoms with Gasteiger partial charge in [-0.3, -0.25) is 4.98 Å².